The lowest BCUT2D eigenvalue weighted by Gasteiger charge is -2.08. The lowest BCUT2D eigenvalue weighted by Crippen LogP contribution is -2.21. The van der Waals surface area contributed by atoms with Crippen LogP contribution in [0.1, 0.15) is 13.3 Å². The summed E-state index contributed by atoms with van der Waals surface area (Å²) >= 11 is 0. The molecule has 0 amide bonds. The van der Waals surface area contributed by atoms with Gasteiger partial charge in [-0.2, -0.15) is 0 Å². The molecule has 0 radical (unpaired) electrons. The minimum atomic E-state index is -4.52. The van der Waals surface area contributed by atoms with Crippen LogP contribution in [0.15, 0.2) is 0 Å². The van der Waals surface area contributed by atoms with Gasteiger partial charge in [-0.25, -0.2) is 0 Å². The number of halogens is 4. The van der Waals surface area contributed by atoms with Gasteiger partial charge in [-0.3, -0.25) is 4.74 Å². The van der Waals surface area contributed by atoms with Gasteiger partial charge in [-0.1, -0.05) is 0 Å². The van der Waals surface area contributed by atoms with Gasteiger partial charge in [0, 0.05) is 6.04 Å². The minimum Gasteiger partial charge on any atom is -0.328 e. The van der Waals surface area contributed by atoms with E-state index in [0.717, 1.165) is 0 Å². The van der Waals surface area contributed by atoms with Crippen LogP contribution in [-0.4, -0.2) is 19.0 Å². The molecule has 2 nitrogen and oxygen atoms in total. The summed E-state index contributed by atoms with van der Waals surface area (Å²) in [7, 11) is 0. The van der Waals surface area contributed by atoms with Crippen molar-refractivity contribution in [2.45, 2.75) is 25.7 Å². The molecular weight excluding hydrogens is 183 g/mol. The molecule has 0 aromatic rings. The van der Waals surface area contributed by atoms with E-state index in [0.29, 0.717) is 0 Å². The summed E-state index contributed by atoms with van der Waals surface area (Å²) in [4.78, 5) is 0. The lowest BCUT2D eigenvalue weighted by atomic mass is 10.3. The van der Waals surface area contributed by atoms with Crippen LogP contribution in [0, 0.1) is 0 Å². The van der Waals surface area contributed by atoms with Crippen molar-refractivity contribution >= 4 is 12.4 Å². The zero-order valence-electron chi connectivity index (χ0n) is 6.02. The van der Waals surface area contributed by atoms with Gasteiger partial charge in [-0.05, 0) is 13.3 Å². The molecular formula is C5H11ClF3NO. The molecule has 2 N–H and O–H groups in total. The fraction of sp³-hybridized carbons (Fsp3) is 1.00. The van der Waals surface area contributed by atoms with Crippen LogP contribution in [0.25, 0.3) is 0 Å². The van der Waals surface area contributed by atoms with E-state index in [1.807, 2.05) is 0 Å². The molecule has 0 bridgehead atoms. The predicted molar refractivity (Wildman–Crippen MR) is 37.5 cm³/mol. The molecule has 0 fully saturated rings. The van der Waals surface area contributed by atoms with Crippen LogP contribution in [0.2, 0.25) is 0 Å². The zero-order chi connectivity index (χ0) is 8.20. The van der Waals surface area contributed by atoms with Crippen molar-refractivity contribution in [2.75, 3.05) is 6.61 Å². The van der Waals surface area contributed by atoms with Crippen LogP contribution < -0.4 is 5.73 Å². The lowest BCUT2D eigenvalue weighted by molar-refractivity contribution is -0.324. The molecule has 0 saturated carbocycles. The Hall–Kier alpha value is -0.0000000000000000555. The average Bonchev–Trinajstić information content (AvgIpc) is 1.59. The van der Waals surface area contributed by atoms with Gasteiger partial charge in [0.2, 0.25) is 0 Å². The standard InChI is InChI=1S/C5H10F3NO.ClH/c1-4(9)2-3-10-5(6,7)8;/h4H,2-3,9H2,1H3;1H/t4-;/m0./s1. The van der Waals surface area contributed by atoms with Crippen molar-refractivity contribution in [1.82, 2.24) is 0 Å². The van der Waals surface area contributed by atoms with Gasteiger partial charge < -0.3 is 5.73 Å². The summed E-state index contributed by atoms with van der Waals surface area (Å²) < 4.78 is 37.2. The van der Waals surface area contributed by atoms with Crippen LogP contribution in [0.5, 0.6) is 0 Å². The highest BCUT2D eigenvalue weighted by atomic mass is 35.5. The Labute approximate surface area is 69.3 Å². The molecule has 70 valence electrons. The van der Waals surface area contributed by atoms with Crippen molar-refractivity contribution in [3.63, 3.8) is 0 Å². The number of alkyl halides is 3. The molecule has 0 aromatic heterocycles. The topological polar surface area (TPSA) is 35.2 Å². The van der Waals surface area contributed by atoms with E-state index in [1.165, 1.54) is 0 Å². The first-order chi connectivity index (χ1) is 4.42. The number of ether oxygens (including phenoxy) is 1. The number of hydrogen-bond acceptors (Lipinski definition) is 2. The van der Waals surface area contributed by atoms with Crippen LogP contribution in [0.3, 0.4) is 0 Å². The highest BCUT2D eigenvalue weighted by Gasteiger charge is 2.28. The van der Waals surface area contributed by atoms with E-state index in [4.69, 9.17) is 5.73 Å². The summed E-state index contributed by atoms with van der Waals surface area (Å²) in [5, 5.41) is 0. The molecule has 0 spiro atoms. The highest BCUT2D eigenvalue weighted by molar-refractivity contribution is 5.85. The Morgan fingerprint density at radius 2 is 1.91 bits per heavy atom. The van der Waals surface area contributed by atoms with E-state index in [1.54, 1.807) is 6.92 Å². The van der Waals surface area contributed by atoms with Crippen LogP contribution in [0.4, 0.5) is 13.2 Å². The summed E-state index contributed by atoms with van der Waals surface area (Å²) in [5.41, 5.74) is 5.17. The molecule has 0 aromatic carbocycles. The van der Waals surface area contributed by atoms with Gasteiger partial charge in [0.25, 0.3) is 0 Å². The Kier molecular flexibility index (Phi) is 6.94. The van der Waals surface area contributed by atoms with Crippen molar-refractivity contribution in [3.05, 3.63) is 0 Å². The second-order valence-electron chi connectivity index (χ2n) is 2.06. The van der Waals surface area contributed by atoms with Crippen molar-refractivity contribution in [2.24, 2.45) is 5.73 Å². The Balaban J connectivity index is 0. The number of nitrogens with two attached hydrogens (primary N) is 1. The number of hydrogen-bond donors (Lipinski definition) is 1. The quantitative estimate of drug-likeness (QED) is 0.740. The molecule has 0 aliphatic heterocycles. The molecule has 11 heavy (non-hydrogen) atoms. The predicted octanol–water partition coefficient (Wildman–Crippen LogP) is 1.68. The monoisotopic (exact) mass is 193 g/mol. The van der Waals surface area contributed by atoms with Gasteiger partial charge >= 0.3 is 6.36 Å². The third-order valence-corrected chi connectivity index (χ3v) is 0.839. The van der Waals surface area contributed by atoms with Crippen molar-refractivity contribution in [3.8, 4) is 0 Å². The third-order valence-electron chi connectivity index (χ3n) is 0.839. The maximum Gasteiger partial charge on any atom is 0.522 e. The van der Waals surface area contributed by atoms with E-state index >= 15 is 0 Å². The van der Waals surface area contributed by atoms with Gasteiger partial charge in [0.15, 0.2) is 0 Å². The average molecular weight is 194 g/mol. The zero-order valence-corrected chi connectivity index (χ0v) is 6.84. The van der Waals surface area contributed by atoms with Gasteiger partial charge in [0.05, 0.1) is 6.61 Å². The van der Waals surface area contributed by atoms with Gasteiger partial charge in [-0.15, -0.1) is 25.6 Å². The van der Waals surface area contributed by atoms with Crippen molar-refractivity contribution < 1.29 is 17.9 Å². The fourth-order valence-corrected chi connectivity index (χ4v) is 0.361. The second kappa shape index (κ2) is 5.62. The molecule has 6 heteroatoms. The SMILES string of the molecule is C[C@H](N)CCOC(F)(F)F.Cl. The second-order valence-corrected chi connectivity index (χ2v) is 2.06. The smallest absolute Gasteiger partial charge is 0.328 e. The molecule has 0 rings (SSSR count). The minimum absolute atomic E-state index is 0. The maximum absolute atomic E-state index is 11.2. The highest BCUT2D eigenvalue weighted by Crippen LogP contribution is 2.16. The molecule has 0 saturated heterocycles. The summed E-state index contributed by atoms with van der Waals surface area (Å²) in [6, 6.07) is -0.248. The molecule has 0 unspecified atom stereocenters. The molecule has 0 aliphatic carbocycles. The first-order valence-corrected chi connectivity index (χ1v) is 2.88. The fourth-order valence-electron chi connectivity index (χ4n) is 0.361. The maximum atomic E-state index is 11.2. The van der Waals surface area contributed by atoms with Crippen molar-refractivity contribution in [1.29, 1.82) is 0 Å². The van der Waals surface area contributed by atoms with E-state index in [-0.39, 0.29) is 31.5 Å². The Morgan fingerprint density at radius 3 is 2.18 bits per heavy atom. The van der Waals surface area contributed by atoms with Gasteiger partial charge in [0.1, 0.15) is 0 Å². The first kappa shape index (κ1) is 13.6. The summed E-state index contributed by atoms with van der Waals surface area (Å²) in [6.07, 6.45) is -4.30. The summed E-state index contributed by atoms with van der Waals surface area (Å²) in [5.74, 6) is 0. The number of rotatable bonds is 3. The third kappa shape index (κ3) is 13.1. The molecule has 1 atom stereocenters. The van der Waals surface area contributed by atoms with E-state index in [9.17, 15) is 13.2 Å². The van der Waals surface area contributed by atoms with E-state index in [2.05, 4.69) is 4.74 Å². The molecule has 0 aliphatic rings. The van der Waals surface area contributed by atoms with Crippen LogP contribution >= 0.6 is 12.4 Å². The normalized spacial score (nSPS) is 13.9. The summed E-state index contributed by atoms with van der Waals surface area (Å²) in [6.45, 7) is 1.26. The van der Waals surface area contributed by atoms with Crippen LogP contribution in [-0.2, 0) is 4.74 Å². The van der Waals surface area contributed by atoms with E-state index < -0.39 is 6.36 Å². The Morgan fingerprint density at radius 1 is 1.45 bits per heavy atom. The first-order valence-electron chi connectivity index (χ1n) is 2.88. The molecule has 0 heterocycles. The largest absolute Gasteiger partial charge is 0.522 e. The Bertz CT molecular complexity index is 96.2.